The maximum Gasteiger partial charge on any atom is 0.264 e. The van der Waals surface area contributed by atoms with E-state index in [1.54, 1.807) is 56.5 Å². The van der Waals surface area contributed by atoms with Crippen molar-refractivity contribution in [2.24, 2.45) is 0 Å². The van der Waals surface area contributed by atoms with Gasteiger partial charge in [0.15, 0.2) is 0 Å². The van der Waals surface area contributed by atoms with E-state index in [0.717, 1.165) is 16.1 Å². The van der Waals surface area contributed by atoms with E-state index in [1.807, 2.05) is 6.07 Å². The van der Waals surface area contributed by atoms with Crippen LogP contribution in [0.2, 0.25) is 0 Å². The molecule has 0 saturated carbocycles. The van der Waals surface area contributed by atoms with E-state index >= 15 is 0 Å². The van der Waals surface area contributed by atoms with E-state index in [0.29, 0.717) is 17.0 Å². The molecule has 0 N–H and O–H groups in total. The highest BCUT2D eigenvalue weighted by Crippen LogP contribution is 2.29. The number of hydrogen-bond acceptors (Lipinski definition) is 3. The number of nitrogens with zero attached hydrogens (tertiary/aromatic N) is 1. The highest BCUT2D eigenvalue weighted by molar-refractivity contribution is 9.10. The number of ether oxygens (including phenoxy) is 1. The summed E-state index contributed by atoms with van der Waals surface area (Å²) >= 11 is 3.36. The Balaban J connectivity index is 2.12. The summed E-state index contributed by atoms with van der Waals surface area (Å²) in [6.45, 7) is 1.73. The van der Waals surface area contributed by atoms with Gasteiger partial charge < -0.3 is 4.74 Å². The molecule has 4 nitrogen and oxygen atoms in total. The predicted molar refractivity (Wildman–Crippen MR) is 112 cm³/mol. The summed E-state index contributed by atoms with van der Waals surface area (Å²) in [5.74, 6) is 0.0360. The fourth-order valence-corrected chi connectivity index (χ4v) is 4.79. The second kappa shape index (κ2) is 8.32. The van der Waals surface area contributed by atoms with Crippen molar-refractivity contribution in [2.45, 2.75) is 18.4 Å². The Labute approximate surface area is 172 Å². The van der Waals surface area contributed by atoms with Crippen LogP contribution in [-0.4, -0.2) is 15.5 Å². The number of aryl methyl sites for hydroxylation is 1. The fourth-order valence-electron chi connectivity index (χ4n) is 2.83. The molecule has 0 aliphatic rings. The van der Waals surface area contributed by atoms with Crippen LogP contribution >= 0.6 is 15.9 Å². The molecule has 146 valence electrons. The maximum absolute atomic E-state index is 13.8. The van der Waals surface area contributed by atoms with Gasteiger partial charge in [-0.1, -0.05) is 34.1 Å². The lowest BCUT2D eigenvalue weighted by Crippen LogP contribution is -2.31. The van der Waals surface area contributed by atoms with Crippen LogP contribution in [0.4, 0.5) is 10.1 Å². The SMILES string of the molecule is COc1cccc(CN(c2ccc(Br)cc2)S(=O)(=O)c2cc(F)ccc2C)c1. The molecule has 0 aromatic heterocycles. The average Bonchev–Trinajstić information content (AvgIpc) is 2.69. The minimum atomic E-state index is -4.00. The van der Waals surface area contributed by atoms with Gasteiger partial charge in [0.05, 0.1) is 24.2 Å². The molecule has 28 heavy (non-hydrogen) atoms. The molecule has 0 aliphatic carbocycles. The van der Waals surface area contributed by atoms with Gasteiger partial charge in [-0.2, -0.15) is 0 Å². The first kappa shape index (κ1) is 20.4. The van der Waals surface area contributed by atoms with Crippen LogP contribution in [0.1, 0.15) is 11.1 Å². The topological polar surface area (TPSA) is 46.6 Å². The second-order valence-electron chi connectivity index (χ2n) is 6.25. The highest BCUT2D eigenvalue weighted by atomic mass is 79.9. The molecular formula is C21H19BrFNO3S. The number of rotatable bonds is 6. The van der Waals surface area contributed by atoms with Crippen molar-refractivity contribution in [1.29, 1.82) is 0 Å². The summed E-state index contributed by atoms with van der Waals surface area (Å²) in [6, 6.07) is 17.9. The van der Waals surface area contributed by atoms with Crippen molar-refractivity contribution >= 4 is 31.6 Å². The van der Waals surface area contributed by atoms with Crippen LogP contribution in [0.25, 0.3) is 0 Å². The molecule has 0 radical (unpaired) electrons. The molecule has 0 unspecified atom stereocenters. The lowest BCUT2D eigenvalue weighted by Gasteiger charge is -2.26. The minimum Gasteiger partial charge on any atom is -0.497 e. The Kier molecular flexibility index (Phi) is 6.05. The predicted octanol–water partition coefficient (Wildman–Crippen LogP) is 5.30. The third kappa shape index (κ3) is 4.36. The van der Waals surface area contributed by atoms with Gasteiger partial charge >= 0.3 is 0 Å². The van der Waals surface area contributed by atoms with E-state index in [4.69, 9.17) is 4.74 Å². The van der Waals surface area contributed by atoms with Crippen molar-refractivity contribution in [3.63, 3.8) is 0 Å². The second-order valence-corrected chi connectivity index (χ2v) is 9.00. The molecule has 0 fully saturated rings. The first-order valence-electron chi connectivity index (χ1n) is 8.48. The highest BCUT2D eigenvalue weighted by Gasteiger charge is 2.27. The number of methoxy groups -OCH3 is 1. The van der Waals surface area contributed by atoms with Gasteiger partial charge in [-0.05, 0) is 66.6 Å². The molecule has 0 bridgehead atoms. The van der Waals surface area contributed by atoms with Crippen molar-refractivity contribution in [3.8, 4) is 5.75 Å². The van der Waals surface area contributed by atoms with Gasteiger partial charge in [0.2, 0.25) is 0 Å². The molecule has 0 saturated heterocycles. The molecule has 0 atom stereocenters. The van der Waals surface area contributed by atoms with Crippen molar-refractivity contribution < 1.29 is 17.5 Å². The van der Waals surface area contributed by atoms with E-state index < -0.39 is 15.8 Å². The van der Waals surface area contributed by atoms with Gasteiger partial charge in [0.25, 0.3) is 10.0 Å². The molecule has 0 heterocycles. The summed E-state index contributed by atoms with van der Waals surface area (Å²) in [6.07, 6.45) is 0. The standard InChI is InChI=1S/C21H19BrFNO3S/c1-15-6-9-18(23)13-21(15)28(25,26)24(19-10-7-17(22)8-11-19)14-16-4-3-5-20(12-16)27-2/h3-13H,14H2,1-2H3. The van der Waals surface area contributed by atoms with E-state index in [2.05, 4.69) is 15.9 Å². The summed E-state index contributed by atoms with van der Waals surface area (Å²) in [4.78, 5) is -0.0571. The molecular weight excluding hydrogens is 445 g/mol. The zero-order valence-electron chi connectivity index (χ0n) is 15.4. The van der Waals surface area contributed by atoms with Gasteiger partial charge in [0.1, 0.15) is 11.6 Å². The normalized spacial score (nSPS) is 11.3. The number of hydrogen-bond donors (Lipinski definition) is 0. The molecule has 7 heteroatoms. The Morgan fingerprint density at radius 3 is 2.43 bits per heavy atom. The largest absolute Gasteiger partial charge is 0.497 e. The van der Waals surface area contributed by atoms with Crippen LogP contribution < -0.4 is 9.04 Å². The first-order valence-corrected chi connectivity index (χ1v) is 10.7. The van der Waals surface area contributed by atoms with Gasteiger partial charge in [-0.15, -0.1) is 0 Å². The average molecular weight is 464 g/mol. The molecule has 3 rings (SSSR count). The molecule has 0 spiro atoms. The lowest BCUT2D eigenvalue weighted by atomic mass is 10.2. The fraction of sp³-hybridized carbons (Fsp3) is 0.143. The number of benzene rings is 3. The Hall–Kier alpha value is -2.38. The van der Waals surface area contributed by atoms with Gasteiger partial charge in [-0.25, -0.2) is 12.8 Å². The molecule has 3 aromatic rings. The van der Waals surface area contributed by atoms with Gasteiger partial charge in [0, 0.05) is 4.47 Å². The van der Waals surface area contributed by atoms with Crippen LogP contribution in [0.3, 0.4) is 0 Å². The monoisotopic (exact) mass is 463 g/mol. The Morgan fingerprint density at radius 2 is 1.75 bits per heavy atom. The zero-order chi connectivity index (χ0) is 20.3. The van der Waals surface area contributed by atoms with Crippen molar-refractivity contribution in [3.05, 3.63) is 88.1 Å². The van der Waals surface area contributed by atoms with Crippen LogP contribution in [0, 0.1) is 12.7 Å². The van der Waals surface area contributed by atoms with Gasteiger partial charge in [-0.3, -0.25) is 4.31 Å². The van der Waals surface area contributed by atoms with Crippen LogP contribution in [0.15, 0.2) is 76.1 Å². The van der Waals surface area contributed by atoms with E-state index in [9.17, 15) is 12.8 Å². The van der Waals surface area contributed by atoms with Crippen LogP contribution in [-0.2, 0) is 16.6 Å². The third-order valence-electron chi connectivity index (χ3n) is 4.29. The maximum atomic E-state index is 13.8. The molecule has 0 aliphatic heterocycles. The van der Waals surface area contributed by atoms with Crippen molar-refractivity contribution in [1.82, 2.24) is 0 Å². The molecule has 3 aromatic carbocycles. The number of anilines is 1. The number of sulfonamides is 1. The Morgan fingerprint density at radius 1 is 1.04 bits per heavy atom. The first-order chi connectivity index (χ1) is 13.3. The van der Waals surface area contributed by atoms with E-state index in [-0.39, 0.29) is 11.4 Å². The summed E-state index contributed by atoms with van der Waals surface area (Å²) in [5, 5.41) is 0. The minimum absolute atomic E-state index is 0.0571. The van der Waals surface area contributed by atoms with Crippen LogP contribution in [0.5, 0.6) is 5.75 Å². The Bertz CT molecular complexity index is 1090. The molecule has 0 amide bonds. The van der Waals surface area contributed by atoms with E-state index in [1.165, 1.54) is 16.4 Å². The zero-order valence-corrected chi connectivity index (χ0v) is 17.8. The number of halogens is 2. The summed E-state index contributed by atoms with van der Waals surface area (Å²) in [5.41, 5.74) is 1.71. The lowest BCUT2D eigenvalue weighted by molar-refractivity contribution is 0.414. The summed E-state index contributed by atoms with van der Waals surface area (Å²) < 4.78 is 48.1. The quantitative estimate of drug-likeness (QED) is 0.498. The van der Waals surface area contributed by atoms with Crippen molar-refractivity contribution in [2.75, 3.05) is 11.4 Å². The summed E-state index contributed by atoms with van der Waals surface area (Å²) in [7, 11) is -2.45. The third-order valence-corrected chi connectivity index (χ3v) is 6.74. The smallest absolute Gasteiger partial charge is 0.264 e.